The van der Waals surface area contributed by atoms with E-state index in [-0.39, 0.29) is 10.6 Å². The van der Waals surface area contributed by atoms with Gasteiger partial charge < -0.3 is 5.11 Å². The Labute approximate surface area is 94.8 Å². The number of carboxylic acid groups (broad SMARTS) is 1. The van der Waals surface area contributed by atoms with Gasteiger partial charge in [0, 0.05) is 0 Å². The maximum atomic E-state index is 11.8. The number of carbonyl (C=O) groups is 1. The fraction of sp³-hybridized carbons (Fsp3) is 0.364. The molecule has 0 bridgehead atoms. The summed E-state index contributed by atoms with van der Waals surface area (Å²) in [7, 11) is -3.50. The molecular formula is C11H14O4S. The molecule has 1 unspecified atom stereocenters. The van der Waals surface area contributed by atoms with Crippen molar-refractivity contribution in [2.45, 2.75) is 18.7 Å². The second-order valence-electron chi connectivity index (χ2n) is 3.83. The van der Waals surface area contributed by atoms with Gasteiger partial charge in [-0.25, -0.2) is 8.42 Å². The van der Waals surface area contributed by atoms with E-state index < -0.39 is 21.7 Å². The van der Waals surface area contributed by atoms with Gasteiger partial charge in [-0.1, -0.05) is 24.6 Å². The third kappa shape index (κ3) is 3.06. The van der Waals surface area contributed by atoms with Crippen molar-refractivity contribution in [2.24, 2.45) is 5.92 Å². The number of benzene rings is 1. The molecule has 0 aliphatic carbocycles. The van der Waals surface area contributed by atoms with Gasteiger partial charge in [0.05, 0.1) is 16.6 Å². The third-order valence-corrected chi connectivity index (χ3v) is 4.20. The second-order valence-corrected chi connectivity index (χ2v) is 5.87. The monoisotopic (exact) mass is 242 g/mol. The van der Waals surface area contributed by atoms with E-state index in [1.165, 1.54) is 19.1 Å². The smallest absolute Gasteiger partial charge is 0.307 e. The van der Waals surface area contributed by atoms with Gasteiger partial charge in [0.2, 0.25) is 0 Å². The van der Waals surface area contributed by atoms with Crippen LogP contribution in [0.4, 0.5) is 0 Å². The fourth-order valence-electron chi connectivity index (χ4n) is 1.24. The standard InChI is InChI=1S/C11H14O4S/c1-8-3-5-10(6-4-8)16(14,15)7-9(2)11(12)13/h3-6,9H,7H2,1-2H3,(H,12,13). The minimum absolute atomic E-state index is 0.172. The summed E-state index contributed by atoms with van der Waals surface area (Å²) in [4.78, 5) is 10.8. The highest BCUT2D eigenvalue weighted by Crippen LogP contribution is 2.15. The van der Waals surface area contributed by atoms with Crippen LogP contribution in [-0.2, 0) is 14.6 Å². The second kappa shape index (κ2) is 4.65. The largest absolute Gasteiger partial charge is 0.481 e. The zero-order valence-electron chi connectivity index (χ0n) is 9.17. The van der Waals surface area contributed by atoms with Gasteiger partial charge in [0.15, 0.2) is 9.84 Å². The lowest BCUT2D eigenvalue weighted by Gasteiger charge is -2.07. The predicted octanol–water partition coefficient (Wildman–Crippen LogP) is 1.49. The molecule has 5 heteroatoms. The van der Waals surface area contributed by atoms with Crippen LogP contribution in [-0.4, -0.2) is 25.2 Å². The maximum absolute atomic E-state index is 11.8. The molecule has 1 N–H and O–H groups in total. The van der Waals surface area contributed by atoms with Crippen LogP contribution in [0.15, 0.2) is 29.2 Å². The highest BCUT2D eigenvalue weighted by atomic mass is 32.2. The molecular weight excluding hydrogens is 228 g/mol. The van der Waals surface area contributed by atoms with Gasteiger partial charge >= 0.3 is 5.97 Å². The predicted molar refractivity (Wildman–Crippen MR) is 60.0 cm³/mol. The van der Waals surface area contributed by atoms with Crippen LogP contribution in [0.5, 0.6) is 0 Å². The zero-order valence-corrected chi connectivity index (χ0v) is 9.99. The molecule has 16 heavy (non-hydrogen) atoms. The van der Waals surface area contributed by atoms with Crippen molar-refractivity contribution >= 4 is 15.8 Å². The first kappa shape index (κ1) is 12.7. The molecule has 0 amide bonds. The molecule has 1 aromatic carbocycles. The van der Waals surface area contributed by atoms with E-state index in [2.05, 4.69) is 0 Å². The molecule has 1 atom stereocenters. The number of hydrogen-bond donors (Lipinski definition) is 1. The van der Waals surface area contributed by atoms with Gasteiger partial charge in [0.25, 0.3) is 0 Å². The van der Waals surface area contributed by atoms with Crippen LogP contribution < -0.4 is 0 Å². The first-order chi connectivity index (χ1) is 7.33. The molecule has 0 radical (unpaired) electrons. The van der Waals surface area contributed by atoms with Crippen LogP contribution in [0.3, 0.4) is 0 Å². The Kier molecular flexibility index (Phi) is 3.70. The lowest BCUT2D eigenvalue weighted by atomic mass is 10.2. The Hall–Kier alpha value is -1.36. The Morgan fingerprint density at radius 3 is 2.25 bits per heavy atom. The maximum Gasteiger partial charge on any atom is 0.307 e. The summed E-state index contributed by atoms with van der Waals surface area (Å²) in [6.07, 6.45) is 0. The number of hydrogen-bond acceptors (Lipinski definition) is 3. The third-order valence-electron chi connectivity index (χ3n) is 2.27. The Bertz CT molecular complexity index is 473. The summed E-state index contributed by atoms with van der Waals surface area (Å²) in [5.74, 6) is -2.37. The van der Waals surface area contributed by atoms with Crippen molar-refractivity contribution in [3.8, 4) is 0 Å². The number of sulfone groups is 1. The van der Waals surface area contributed by atoms with E-state index >= 15 is 0 Å². The fourth-order valence-corrected chi connectivity index (χ4v) is 2.79. The van der Waals surface area contributed by atoms with Gasteiger partial charge in [-0.3, -0.25) is 4.79 Å². The van der Waals surface area contributed by atoms with Crippen LogP contribution in [0, 0.1) is 12.8 Å². The highest BCUT2D eigenvalue weighted by molar-refractivity contribution is 7.91. The van der Waals surface area contributed by atoms with Crippen LogP contribution >= 0.6 is 0 Å². The molecule has 0 aromatic heterocycles. The Morgan fingerprint density at radius 2 is 1.81 bits per heavy atom. The summed E-state index contributed by atoms with van der Waals surface area (Å²) < 4.78 is 23.6. The summed E-state index contributed by atoms with van der Waals surface area (Å²) in [5, 5.41) is 8.67. The first-order valence-corrected chi connectivity index (χ1v) is 6.50. The van der Waals surface area contributed by atoms with E-state index in [0.717, 1.165) is 5.56 Å². The molecule has 0 aliphatic rings. The van der Waals surface area contributed by atoms with Crippen LogP contribution in [0.1, 0.15) is 12.5 Å². The van der Waals surface area contributed by atoms with Crippen molar-refractivity contribution in [1.82, 2.24) is 0 Å². The molecule has 88 valence electrons. The summed E-state index contributed by atoms with van der Waals surface area (Å²) >= 11 is 0. The van der Waals surface area contributed by atoms with Crippen molar-refractivity contribution in [2.75, 3.05) is 5.75 Å². The molecule has 0 fully saturated rings. The van der Waals surface area contributed by atoms with Crippen molar-refractivity contribution < 1.29 is 18.3 Å². The van der Waals surface area contributed by atoms with Gasteiger partial charge in [-0.15, -0.1) is 0 Å². The summed E-state index contributed by atoms with van der Waals surface area (Å²) in [6, 6.07) is 6.38. The van der Waals surface area contributed by atoms with Crippen molar-refractivity contribution in [3.05, 3.63) is 29.8 Å². The van der Waals surface area contributed by atoms with Gasteiger partial charge in [-0.05, 0) is 19.1 Å². The van der Waals surface area contributed by atoms with Crippen LogP contribution in [0.25, 0.3) is 0 Å². The number of rotatable bonds is 4. The average molecular weight is 242 g/mol. The molecule has 0 spiro atoms. The van der Waals surface area contributed by atoms with Gasteiger partial charge in [-0.2, -0.15) is 0 Å². The molecule has 0 heterocycles. The van der Waals surface area contributed by atoms with Crippen molar-refractivity contribution in [1.29, 1.82) is 0 Å². The first-order valence-electron chi connectivity index (χ1n) is 4.85. The van der Waals surface area contributed by atoms with Crippen LogP contribution in [0.2, 0.25) is 0 Å². The topological polar surface area (TPSA) is 71.4 Å². The quantitative estimate of drug-likeness (QED) is 0.868. The SMILES string of the molecule is Cc1ccc(S(=O)(=O)CC(C)C(=O)O)cc1. The summed E-state index contributed by atoms with van der Waals surface area (Å²) in [5.41, 5.74) is 0.963. The van der Waals surface area contributed by atoms with E-state index in [0.29, 0.717) is 0 Å². The van der Waals surface area contributed by atoms with Crippen molar-refractivity contribution in [3.63, 3.8) is 0 Å². The minimum Gasteiger partial charge on any atom is -0.481 e. The van der Waals surface area contributed by atoms with Gasteiger partial charge in [0.1, 0.15) is 0 Å². The average Bonchev–Trinajstić information content (AvgIpc) is 2.17. The highest BCUT2D eigenvalue weighted by Gasteiger charge is 2.22. The van der Waals surface area contributed by atoms with E-state index in [4.69, 9.17) is 5.11 Å². The minimum atomic E-state index is -3.50. The number of aryl methyl sites for hydroxylation is 1. The molecule has 0 saturated carbocycles. The number of carboxylic acids is 1. The molecule has 1 aromatic rings. The lowest BCUT2D eigenvalue weighted by molar-refractivity contribution is -0.140. The zero-order chi connectivity index (χ0) is 12.3. The Morgan fingerprint density at radius 1 is 1.31 bits per heavy atom. The Balaban J connectivity index is 2.94. The number of aliphatic carboxylic acids is 1. The summed E-state index contributed by atoms with van der Waals surface area (Å²) in [6.45, 7) is 3.24. The van der Waals surface area contributed by atoms with E-state index in [1.54, 1.807) is 12.1 Å². The van der Waals surface area contributed by atoms with E-state index in [9.17, 15) is 13.2 Å². The molecule has 0 saturated heterocycles. The normalized spacial score (nSPS) is 13.4. The lowest BCUT2D eigenvalue weighted by Crippen LogP contribution is -2.21. The van der Waals surface area contributed by atoms with E-state index in [1.807, 2.05) is 6.92 Å². The molecule has 4 nitrogen and oxygen atoms in total. The molecule has 0 aliphatic heterocycles. The molecule has 1 rings (SSSR count).